The van der Waals surface area contributed by atoms with Gasteiger partial charge in [-0.1, -0.05) is 6.92 Å². The fourth-order valence-corrected chi connectivity index (χ4v) is 3.04. The first-order chi connectivity index (χ1) is 7.59. The summed E-state index contributed by atoms with van der Waals surface area (Å²) >= 11 is 0. The summed E-state index contributed by atoms with van der Waals surface area (Å²) in [5, 5.41) is 0. The van der Waals surface area contributed by atoms with E-state index in [9.17, 15) is 4.57 Å². The highest BCUT2D eigenvalue weighted by Gasteiger charge is 2.49. The van der Waals surface area contributed by atoms with Gasteiger partial charge < -0.3 is 9.47 Å². The van der Waals surface area contributed by atoms with Crippen LogP contribution in [0.3, 0.4) is 0 Å². The Morgan fingerprint density at radius 3 is 2.81 bits per heavy atom. The molecule has 0 bridgehead atoms. The molecule has 2 aliphatic rings. The van der Waals surface area contributed by atoms with E-state index < -0.39 is 13.9 Å². The first kappa shape index (κ1) is 12.5. The topological polar surface area (TPSA) is 63.2 Å². The highest BCUT2D eigenvalue weighted by Crippen LogP contribution is 2.53. The lowest BCUT2D eigenvalue weighted by atomic mass is 10.1. The normalized spacial score (nSPS) is 48.7. The summed E-state index contributed by atoms with van der Waals surface area (Å²) in [7, 11) is -2.20. The number of ether oxygens (including phenoxy) is 2. The molecule has 3 unspecified atom stereocenters. The van der Waals surface area contributed by atoms with Crippen molar-refractivity contribution in [3.8, 4) is 0 Å². The lowest BCUT2D eigenvalue weighted by Gasteiger charge is -2.20. The Labute approximate surface area is 94.8 Å². The minimum atomic E-state index is -3.49. The highest BCUT2D eigenvalue weighted by molar-refractivity contribution is 7.48. The van der Waals surface area contributed by atoms with Crippen molar-refractivity contribution < 1.29 is 27.6 Å². The van der Waals surface area contributed by atoms with Gasteiger partial charge in [-0.15, -0.1) is 0 Å². The van der Waals surface area contributed by atoms with Crippen molar-refractivity contribution in [1.29, 1.82) is 0 Å². The Morgan fingerprint density at radius 2 is 2.19 bits per heavy atom. The summed E-state index contributed by atoms with van der Waals surface area (Å²) < 4.78 is 38.2. The molecule has 0 aromatic rings. The van der Waals surface area contributed by atoms with Crippen molar-refractivity contribution in [2.24, 2.45) is 0 Å². The van der Waals surface area contributed by atoms with E-state index in [0.29, 0.717) is 0 Å². The maximum Gasteiger partial charge on any atom is 0.477 e. The average molecular weight is 252 g/mol. The highest BCUT2D eigenvalue weighted by atomic mass is 31.2. The monoisotopic (exact) mass is 252 g/mol. The number of hydrogen-bond donors (Lipinski definition) is 0. The van der Waals surface area contributed by atoms with Gasteiger partial charge in [0.1, 0.15) is 12.2 Å². The van der Waals surface area contributed by atoms with Gasteiger partial charge in [0.25, 0.3) is 0 Å². The number of rotatable bonds is 2. The Balaban J connectivity index is 2.18. The van der Waals surface area contributed by atoms with E-state index in [-0.39, 0.29) is 25.1 Å². The molecule has 6 nitrogen and oxygen atoms in total. The molecule has 7 heteroatoms. The van der Waals surface area contributed by atoms with Gasteiger partial charge in [0.15, 0.2) is 6.79 Å². The van der Waals surface area contributed by atoms with Crippen LogP contribution in [0.15, 0.2) is 0 Å². The van der Waals surface area contributed by atoms with Crippen LogP contribution in [0.4, 0.5) is 0 Å². The molecule has 2 heterocycles. The SMILES string of the molecule is CC[C@H]1O[C@@H](C)C2OCOP(=O)(OC)OC21. The van der Waals surface area contributed by atoms with Crippen LogP contribution < -0.4 is 0 Å². The van der Waals surface area contributed by atoms with Crippen LogP contribution in [0.1, 0.15) is 20.3 Å². The van der Waals surface area contributed by atoms with Crippen molar-refractivity contribution in [1.82, 2.24) is 0 Å². The molecule has 94 valence electrons. The molecular weight excluding hydrogens is 235 g/mol. The maximum atomic E-state index is 11.9. The van der Waals surface area contributed by atoms with Crippen molar-refractivity contribution in [2.45, 2.75) is 44.7 Å². The molecule has 0 spiro atoms. The van der Waals surface area contributed by atoms with E-state index in [1.165, 1.54) is 7.11 Å². The van der Waals surface area contributed by atoms with E-state index in [2.05, 4.69) is 0 Å². The van der Waals surface area contributed by atoms with Gasteiger partial charge in [0.2, 0.25) is 0 Å². The van der Waals surface area contributed by atoms with Gasteiger partial charge in [-0.05, 0) is 13.3 Å². The van der Waals surface area contributed by atoms with Gasteiger partial charge >= 0.3 is 7.82 Å². The summed E-state index contributed by atoms with van der Waals surface area (Å²) in [6.45, 7) is 3.78. The molecule has 5 atom stereocenters. The largest absolute Gasteiger partial charge is 0.477 e. The second kappa shape index (κ2) is 4.72. The van der Waals surface area contributed by atoms with Crippen LogP contribution >= 0.6 is 7.82 Å². The molecular formula is C9H17O6P. The molecule has 2 aliphatic heterocycles. The van der Waals surface area contributed by atoms with Crippen molar-refractivity contribution in [3.63, 3.8) is 0 Å². The lowest BCUT2D eigenvalue weighted by molar-refractivity contribution is -0.0639. The van der Waals surface area contributed by atoms with Crippen LogP contribution in [-0.4, -0.2) is 38.3 Å². The molecule has 0 radical (unpaired) electrons. The number of phosphoric acid groups is 1. The van der Waals surface area contributed by atoms with Gasteiger partial charge in [-0.25, -0.2) is 4.57 Å². The molecule has 0 aromatic carbocycles. The predicted octanol–water partition coefficient (Wildman–Crippen LogP) is 1.70. The summed E-state index contributed by atoms with van der Waals surface area (Å²) in [5.74, 6) is 0. The van der Waals surface area contributed by atoms with Crippen LogP contribution in [0.5, 0.6) is 0 Å². The molecule has 0 aliphatic carbocycles. The third-order valence-electron chi connectivity index (χ3n) is 2.89. The molecule has 16 heavy (non-hydrogen) atoms. The first-order valence-corrected chi connectivity index (χ1v) is 6.81. The zero-order valence-electron chi connectivity index (χ0n) is 9.62. The standard InChI is InChI=1S/C9H17O6P/c1-4-7-9-8(6(2)14-7)12-5-13-16(10,11-3)15-9/h6-9H,4-5H2,1-3H3/t6-,7+,8?,9?,16?/m0/s1. The second-order valence-corrected chi connectivity index (χ2v) is 5.59. The average Bonchev–Trinajstić information content (AvgIpc) is 2.48. The van der Waals surface area contributed by atoms with Crippen LogP contribution in [0.25, 0.3) is 0 Å². The van der Waals surface area contributed by atoms with Gasteiger partial charge in [0.05, 0.1) is 12.2 Å². The minimum absolute atomic E-state index is 0.0954. The number of fused-ring (bicyclic) bond motifs is 1. The quantitative estimate of drug-likeness (QED) is 0.697. The predicted molar refractivity (Wildman–Crippen MR) is 54.9 cm³/mol. The molecule has 2 saturated heterocycles. The zero-order chi connectivity index (χ0) is 11.8. The molecule has 2 fully saturated rings. The fourth-order valence-electron chi connectivity index (χ4n) is 2.04. The van der Waals surface area contributed by atoms with E-state index in [4.69, 9.17) is 23.0 Å². The van der Waals surface area contributed by atoms with E-state index >= 15 is 0 Å². The van der Waals surface area contributed by atoms with Crippen LogP contribution in [-0.2, 0) is 27.6 Å². The second-order valence-electron chi connectivity index (χ2n) is 3.87. The van der Waals surface area contributed by atoms with Gasteiger partial charge in [0, 0.05) is 7.11 Å². The maximum absolute atomic E-state index is 11.9. The molecule has 2 rings (SSSR count). The van der Waals surface area contributed by atoms with Crippen LogP contribution in [0.2, 0.25) is 0 Å². The number of phosphoric ester groups is 1. The Bertz CT molecular complexity index is 296. The van der Waals surface area contributed by atoms with Crippen LogP contribution in [0, 0.1) is 0 Å². The first-order valence-electron chi connectivity index (χ1n) is 5.35. The molecule has 0 aromatic heterocycles. The number of hydrogen-bond acceptors (Lipinski definition) is 6. The summed E-state index contributed by atoms with van der Waals surface area (Å²) in [6, 6.07) is 0. The molecule has 0 amide bonds. The zero-order valence-corrected chi connectivity index (χ0v) is 10.5. The van der Waals surface area contributed by atoms with E-state index in [0.717, 1.165) is 6.42 Å². The lowest BCUT2D eigenvalue weighted by Crippen LogP contribution is -2.34. The minimum Gasteiger partial charge on any atom is -0.370 e. The fraction of sp³-hybridized carbons (Fsp3) is 1.00. The molecule has 0 N–H and O–H groups in total. The van der Waals surface area contributed by atoms with Gasteiger partial charge in [-0.3, -0.25) is 13.6 Å². The third kappa shape index (κ3) is 2.18. The Morgan fingerprint density at radius 1 is 1.44 bits per heavy atom. The van der Waals surface area contributed by atoms with E-state index in [1.54, 1.807) is 0 Å². The van der Waals surface area contributed by atoms with E-state index in [1.807, 2.05) is 13.8 Å². The third-order valence-corrected chi connectivity index (χ3v) is 4.26. The summed E-state index contributed by atoms with van der Waals surface area (Å²) in [4.78, 5) is 0. The van der Waals surface area contributed by atoms with Gasteiger partial charge in [-0.2, -0.15) is 0 Å². The van der Waals surface area contributed by atoms with Crippen molar-refractivity contribution >= 4 is 7.82 Å². The van der Waals surface area contributed by atoms with Crippen molar-refractivity contribution in [2.75, 3.05) is 13.9 Å². The summed E-state index contributed by atoms with van der Waals surface area (Å²) in [5.41, 5.74) is 0. The molecule has 0 saturated carbocycles. The smallest absolute Gasteiger partial charge is 0.370 e. The van der Waals surface area contributed by atoms with Crippen molar-refractivity contribution in [3.05, 3.63) is 0 Å². The Hall–Kier alpha value is 0.0300. The Kier molecular flexibility index (Phi) is 3.69. The summed E-state index contributed by atoms with van der Waals surface area (Å²) in [6.07, 6.45) is -0.116.